The molecule has 1 unspecified atom stereocenters. The monoisotopic (exact) mass is 417 g/mol. The first-order chi connectivity index (χ1) is 14.9. The summed E-state index contributed by atoms with van der Waals surface area (Å²) in [5.74, 6) is -2.41. The van der Waals surface area contributed by atoms with Crippen LogP contribution in [0, 0.1) is 12.7 Å². The summed E-state index contributed by atoms with van der Waals surface area (Å²) < 4.78 is 20.2. The quantitative estimate of drug-likeness (QED) is 0.377. The molecule has 1 heterocycles. The molecule has 0 spiro atoms. The van der Waals surface area contributed by atoms with E-state index < -0.39 is 29.3 Å². The van der Waals surface area contributed by atoms with E-state index in [4.69, 9.17) is 4.74 Å². The third-order valence-corrected chi connectivity index (χ3v) is 5.32. The van der Waals surface area contributed by atoms with Gasteiger partial charge in [0.15, 0.2) is 0 Å². The maximum Gasteiger partial charge on any atom is 0.300 e. The second-order valence-electron chi connectivity index (χ2n) is 7.23. The fraction of sp³-hybridized carbons (Fsp3) is 0.120. The smallest absolute Gasteiger partial charge is 0.300 e. The zero-order valence-electron chi connectivity index (χ0n) is 17.0. The molecule has 5 nitrogen and oxygen atoms in total. The fourth-order valence-corrected chi connectivity index (χ4v) is 3.78. The van der Waals surface area contributed by atoms with Gasteiger partial charge in [-0.1, -0.05) is 48.0 Å². The Morgan fingerprint density at radius 2 is 1.61 bits per heavy atom. The largest absolute Gasteiger partial charge is 0.507 e. The Balaban J connectivity index is 1.99. The fourth-order valence-electron chi connectivity index (χ4n) is 3.78. The number of halogens is 1. The summed E-state index contributed by atoms with van der Waals surface area (Å²) in [6.45, 7) is 1.90. The lowest BCUT2D eigenvalue weighted by molar-refractivity contribution is -0.132. The molecule has 4 rings (SSSR count). The molecule has 156 valence electrons. The van der Waals surface area contributed by atoms with E-state index in [1.54, 1.807) is 54.6 Å². The first-order valence-electron chi connectivity index (χ1n) is 9.69. The van der Waals surface area contributed by atoms with E-state index in [2.05, 4.69) is 0 Å². The number of nitrogens with zero attached hydrogens (tertiary/aromatic N) is 1. The van der Waals surface area contributed by atoms with E-state index in [1.165, 1.54) is 30.2 Å². The number of aryl methyl sites for hydroxylation is 1. The first-order valence-corrected chi connectivity index (χ1v) is 9.69. The number of aliphatic hydroxyl groups excluding tert-OH is 1. The van der Waals surface area contributed by atoms with Gasteiger partial charge in [0.05, 0.1) is 24.3 Å². The van der Waals surface area contributed by atoms with Crippen molar-refractivity contribution in [2.45, 2.75) is 13.0 Å². The van der Waals surface area contributed by atoms with Crippen molar-refractivity contribution in [1.82, 2.24) is 0 Å². The van der Waals surface area contributed by atoms with Gasteiger partial charge in [-0.15, -0.1) is 0 Å². The van der Waals surface area contributed by atoms with Crippen molar-refractivity contribution in [1.29, 1.82) is 0 Å². The van der Waals surface area contributed by atoms with Gasteiger partial charge in [0.1, 0.15) is 17.3 Å². The van der Waals surface area contributed by atoms with Crippen molar-refractivity contribution in [3.8, 4) is 5.75 Å². The summed E-state index contributed by atoms with van der Waals surface area (Å²) in [4.78, 5) is 27.4. The molecule has 1 N–H and O–H groups in total. The van der Waals surface area contributed by atoms with Crippen molar-refractivity contribution in [2.75, 3.05) is 12.0 Å². The van der Waals surface area contributed by atoms with Crippen LogP contribution in [-0.4, -0.2) is 23.9 Å². The molecular formula is C25H20FNO4. The molecule has 0 bridgehead atoms. The molecule has 0 radical (unpaired) electrons. The van der Waals surface area contributed by atoms with Gasteiger partial charge < -0.3 is 9.84 Å². The number of amides is 1. The van der Waals surface area contributed by atoms with Gasteiger partial charge in [0, 0.05) is 11.3 Å². The SMILES string of the molecule is COc1ccccc1/C(O)=C1/C(=O)C(=O)N(c2ccc(C)cc2)C1c1ccccc1F. The summed E-state index contributed by atoms with van der Waals surface area (Å²) in [7, 11) is 1.44. The minimum absolute atomic E-state index is 0.110. The summed E-state index contributed by atoms with van der Waals surface area (Å²) in [6, 6.07) is 18.4. The highest BCUT2D eigenvalue weighted by atomic mass is 19.1. The number of carbonyl (C=O) groups is 2. The number of anilines is 1. The Hall–Kier alpha value is -3.93. The minimum Gasteiger partial charge on any atom is -0.507 e. The van der Waals surface area contributed by atoms with Crippen LogP contribution in [0.1, 0.15) is 22.7 Å². The molecule has 0 aliphatic carbocycles. The Kier molecular flexibility index (Phi) is 5.29. The number of hydrogen-bond acceptors (Lipinski definition) is 4. The van der Waals surface area contributed by atoms with Crippen molar-refractivity contribution in [3.05, 3.63) is 101 Å². The molecule has 1 aliphatic heterocycles. The van der Waals surface area contributed by atoms with Gasteiger partial charge in [0.25, 0.3) is 11.7 Å². The first kappa shape index (κ1) is 20.3. The van der Waals surface area contributed by atoms with Crippen LogP contribution in [-0.2, 0) is 9.59 Å². The molecule has 3 aromatic carbocycles. The van der Waals surface area contributed by atoms with Crippen molar-refractivity contribution >= 4 is 23.1 Å². The van der Waals surface area contributed by atoms with Crippen LogP contribution in [0.4, 0.5) is 10.1 Å². The van der Waals surface area contributed by atoms with E-state index in [0.29, 0.717) is 11.4 Å². The number of benzene rings is 3. The summed E-state index contributed by atoms with van der Waals surface area (Å²) in [6.07, 6.45) is 0. The molecule has 1 saturated heterocycles. The Morgan fingerprint density at radius 3 is 2.29 bits per heavy atom. The number of hydrogen-bond donors (Lipinski definition) is 1. The Labute approximate surface area is 179 Å². The minimum atomic E-state index is -1.13. The molecule has 1 amide bonds. The molecule has 31 heavy (non-hydrogen) atoms. The lowest BCUT2D eigenvalue weighted by Gasteiger charge is -2.26. The highest BCUT2D eigenvalue weighted by Gasteiger charge is 2.48. The number of ether oxygens (including phenoxy) is 1. The third-order valence-electron chi connectivity index (χ3n) is 5.32. The highest BCUT2D eigenvalue weighted by molar-refractivity contribution is 6.51. The number of aliphatic hydroxyl groups is 1. The predicted molar refractivity (Wildman–Crippen MR) is 115 cm³/mol. The number of rotatable bonds is 4. The van der Waals surface area contributed by atoms with Crippen LogP contribution in [0.5, 0.6) is 5.75 Å². The van der Waals surface area contributed by atoms with E-state index >= 15 is 0 Å². The van der Waals surface area contributed by atoms with Crippen molar-refractivity contribution < 1.29 is 23.8 Å². The van der Waals surface area contributed by atoms with Gasteiger partial charge in [-0.05, 0) is 37.3 Å². The van der Waals surface area contributed by atoms with Gasteiger partial charge in [-0.3, -0.25) is 14.5 Å². The molecule has 3 aromatic rings. The van der Waals surface area contributed by atoms with E-state index in [0.717, 1.165) is 5.56 Å². The second kappa shape index (κ2) is 8.07. The standard InChI is InChI=1S/C25H20FNO4/c1-15-11-13-16(14-12-15)27-22(17-7-3-5-9-19(17)26)21(24(29)25(27)30)23(28)18-8-4-6-10-20(18)31-2/h3-14,22,28H,1-2H3/b23-21-. The van der Waals surface area contributed by atoms with Crippen molar-refractivity contribution in [3.63, 3.8) is 0 Å². The maximum atomic E-state index is 14.9. The van der Waals surface area contributed by atoms with E-state index in [1.807, 2.05) is 6.92 Å². The molecule has 6 heteroatoms. The highest BCUT2D eigenvalue weighted by Crippen LogP contribution is 2.43. The zero-order chi connectivity index (χ0) is 22.1. The average molecular weight is 417 g/mol. The molecule has 0 saturated carbocycles. The topological polar surface area (TPSA) is 66.8 Å². The van der Waals surface area contributed by atoms with Crippen LogP contribution >= 0.6 is 0 Å². The van der Waals surface area contributed by atoms with Crippen molar-refractivity contribution in [2.24, 2.45) is 0 Å². The van der Waals surface area contributed by atoms with E-state index in [9.17, 15) is 19.1 Å². The van der Waals surface area contributed by atoms with Crippen LogP contribution in [0.25, 0.3) is 5.76 Å². The Bertz CT molecular complexity index is 1200. The number of carbonyl (C=O) groups excluding carboxylic acids is 2. The van der Waals surface area contributed by atoms with Crippen LogP contribution in [0.3, 0.4) is 0 Å². The third kappa shape index (κ3) is 3.46. The second-order valence-corrected chi connectivity index (χ2v) is 7.23. The molecule has 1 fully saturated rings. The normalized spacial score (nSPS) is 17.8. The summed E-state index contributed by atoms with van der Waals surface area (Å²) in [5.41, 5.74) is 1.56. The Morgan fingerprint density at radius 1 is 0.968 bits per heavy atom. The summed E-state index contributed by atoms with van der Waals surface area (Å²) >= 11 is 0. The van der Waals surface area contributed by atoms with Gasteiger partial charge in [0.2, 0.25) is 0 Å². The van der Waals surface area contributed by atoms with Crippen LogP contribution < -0.4 is 9.64 Å². The van der Waals surface area contributed by atoms with Crippen LogP contribution in [0.15, 0.2) is 78.4 Å². The lowest BCUT2D eigenvalue weighted by atomic mass is 9.94. The molecule has 0 aromatic heterocycles. The number of Topliss-reactive ketones (excluding diaryl/α,β-unsaturated/α-hetero) is 1. The van der Waals surface area contributed by atoms with Crippen LogP contribution in [0.2, 0.25) is 0 Å². The van der Waals surface area contributed by atoms with Gasteiger partial charge in [-0.2, -0.15) is 0 Å². The zero-order valence-corrected chi connectivity index (χ0v) is 17.0. The number of methoxy groups -OCH3 is 1. The van der Waals surface area contributed by atoms with E-state index in [-0.39, 0.29) is 16.7 Å². The predicted octanol–water partition coefficient (Wildman–Crippen LogP) is 4.77. The van der Waals surface area contributed by atoms with Gasteiger partial charge >= 0.3 is 0 Å². The molecular weight excluding hydrogens is 397 g/mol. The summed E-state index contributed by atoms with van der Waals surface area (Å²) in [5, 5.41) is 11.1. The number of para-hydroxylation sites is 1. The average Bonchev–Trinajstić information content (AvgIpc) is 3.04. The maximum absolute atomic E-state index is 14.9. The molecule has 1 aliphatic rings. The number of ketones is 1. The lowest BCUT2D eigenvalue weighted by Crippen LogP contribution is -2.29. The molecule has 1 atom stereocenters. The van der Waals surface area contributed by atoms with Gasteiger partial charge in [-0.25, -0.2) is 4.39 Å².